The van der Waals surface area contributed by atoms with Crippen LogP contribution in [0.25, 0.3) is 0 Å². The fourth-order valence-electron chi connectivity index (χ4n) is 2.77. The third-order valence-electron chi connectivity index (χ3n) is 4.09. The first kappa shape index (κ1) is 17.5. The normalized spacial score (nSPS) is 17.1. The van der Waals surface area contributed by atoms with E-state index in [9.17, 15) is 9.59 Å². The molecule has 0 unspecified atom stereocenters. The van der Waals surface area contributed by atoms with Crippen molar-refractivity contribution in [3.05, 3.63) is 34.8 Å². The predicted molar refractivity (Wildman–Crippen MR) is 95.9 cm³/mol. The third-order valence-corrected chi connectivity index (χ3v) is 5.09. The summed E-state index contributed by atoms with van der Waals surface area (Å²) in [4.78, 5) is 25.7. The lowest BCUT2D eigenvalue weighted by Gasteiger charge is -2.16. The van der Waals surface area contributed by atoms with Gasteiger partial charge in [0.2, 0.25) is 11.0 Å². The first-order chi connectivity index (χ1) is 12.1. The van der Waals surface area contributed by atoms with Crippen LogP contribution in [0.1, 0.15) is 29.8 Å². The van der Waals surface area contributed by atoms with Crippen LogP contribution in [0.15, 0.2) is 24.3 Å². The van der Waals surface area contributed by atoms with E-state index in [-0.39, 0.29) is 24.3 Å². The number of carbonyl (C=O) groups excluding carboxylic acids is 2. The Morgan fingerprint density at radius 1 is 1.36 bits per heavy atom. The smallest absolute Gasteiger partial charge is 0.252 e. The molecule has 0 saturated carbocycles. The molecular weight excluding hydrogens is 340 g/mol. The SMILES string of the molecule is CCc1ccc(N2C[C@H](c3nnc(NC(=O)COC)s3)CC2=O)cc1. The van der Waals surface area contributed by atoms with Crippen LogP contribution in [0.4, 0.5) is 10.8 Å². The summed E-state index contributed by atoms with van der Waals surface area (Å²) in [6, 6.07) is 8.06. The van der Waals surface area contributed by atoms with Crippen molar-refractivity contribution in [2.75, 3.05) is 30.5 Å². The number of methoxy groups -OCH3 is 1. The lowest BCUT2D eigenvalue weighted by molar-refractivity contribution is -0.119. The molecule has 1 atom stereocenters. The summed E-state index contributed by atoms with van der Waals surface area (Å²) >= 11 is 1.30. The van der Waals surface area contributed by atoms with Crippen LogP contribution in [-0.4, -0.2) is 42.3 Å². The van der Waals surface area contributed by atoms with Crippen molar-refractivity contribution < 1.29 is 14.3 Å². The first-order valence-corrected chi connectivity index (χ1v) is 8.93. The van der Waals surface area contributed by atoms with E-state index in [1.807, 2.05) is 24.3 Å². The number of rotatable bonds is 6. The maximum absolute atomic E-state index is 12.4. The Kier molecular flexibility index (Phi) is 5.40. The standard InChI is InChI=1S/C17H20N4O3S/c1-3-11-4-6-13(7-5-11)21-9-12(8-15(21)23)16-19-20-17(25-16)18-14(22)10-24-2/h4-7,12H,3,8-10H2,1-2H3,(H,18,20,22)/t12-/m1/s1. The molecule has 2 aromatic rings. The lowest BCUT2D eigenvalue weighted by Crippen LogP contribution is -2.24. The fraction of sp³-hybridized carbons (Fsp3) is 0.412. The maximum Gasteiger partial charge on any atom is 0.252 e. The van der Waals surface area contributed by atoms with Gasteiger partial charge >= 0.3 is 0 Å². The van der Waals surface area contributed by atoms with Crippen LogP contribution < -0.4 is 10.2 Å². The highest BCUT2D eigenvalue weighted by Crippen LogP contribution is 2.34. The summed E-state index contributed by atoms with van der Waals surface area (Å²) in [6.45, 7) is 2.65. The fourth-order valence-corrected chi connectivity index (χ4v) is 3.62. The largest absolute Gasteiger partial charge is 0.375 e. The van der Waals surface area contributed by atoms with Gasteiger partial charge < -0.3 is 9.64 Å². The second-order valence-corrected chi connectivity index (χ2v) is 6.86. The molecule has 2 amide bonds. The van der Waals surface area contributed by atoms with Crippen molar-refractivity contribution >= 4 is 34.0 Å². The Hall–Kier alpha value is -2.32. The average molecular weight is 360 g/mol. The summed E-state index contributed by atoms with van der Waals surface area (Å²) in [6.07, 6.45) is 1.37. The van der Waals surface area contributed by atoms with Gasteiger partial charge in [0.05, 0.1) is 0 Å². The molecule has 8 heteroatoms. The molecular formula is C17H20N4O3S. The summed E-state index contributed by atoms with van der Waals surface area (Å²) < 4.78 is 4.77. The molecule has 0 aliphatic carbocycles. The maximum atomic E-state index is 12.4. The van der Waals surface area contributed by atoms with E-state index >= 15 is 0 Å². The van der Waals surface area contributed by atoms with E-state index in [4.69, 9.17) is 4.74 Å². The molecule has 1 N–H and O–H groups in total. The average Bonchev–Trinajstić information content (AvgIpc) is 3.22. The molecule has 1 aromatic carbocycles. The molecule has 1 fully saturated rings. The van der Waals surface area contributed by atoms with Gasteiger partial charge in [-0.1, -0.05) is 30.4 Å². The van der Waals surface area contributed by atoms with Gasteiger partial charge in [0.25, 0.3) is 5.91 Å². The summed E-state index contributed by atoms with van der Waals surface area (Å²) in [5.74, 6) is -0.205. The monoisotopic (exact) mass is 360 g/mol. The third kappa shape index (κ3) is 4.02. The second-order valence-electron chi connectivity index (χ2n) is 5.85. The minimum Gasteiger partial charge on any atom is -0.375 e. The number of amides is 2. The van der Waals surface area contributed by atoms with Crippen molar-refractivity contribution in [1.29, 1.82) is 0 Å². The topological polar surface area (TPSA) is 84.4 Å². The molecule has 7 nitrogen and oxygen atoms in total. The summed E-state index contributed by atoms with van der Waals surface area (Å²) in [7, 11) is 1.46. The number of aromatic nitrogens is 2. The Bertz CT molecular complexity index is 760. The Morgan fingerprint density at radius 3 is 2.80 bits per heavy atom. The Morgan fingerprint density at radius 2 is 2.12 bits per heavy atom. The van der Waals surface area contributed by atoms with Crippen LogP contribution in [0.2, 0.25) is 0 Å². The highest BCUT2D eigenvalue weighted by Gasteiger charge is 2.33. The van der Waals surface area contributed by atoms with Gasteiger partial charge in [0.1, 0.15) is 11.6 Å². The molecule has 0 spiro atoms. The molecule has 1 aliphatic heterocycles. The van der Waals surface area contributed by atoms with E-state index in [1.54, 1.807) is 4.90 Å². The van der Waals surface area contributed by atoms with Gasteiger partial charge in [0.15, 0.2) is 0 Å². The highest BCUT2D eigenvalue weighted by atomic mass is 32.1. The number of hydrogen-bond acceptors (Lipinski definition) is 6. The van der Waals surface area contributed by atoms with Gasteiger partial charge in [-0.15, -0.1) is 10.2 Å². The number of aryl methyl sites for hydroxylation is 1. The van der Waals surface area contributed by atoms with E-state index in [0.717, 1.165) is 17.1 Å². The zero-order valence-corrected chi connectivity index (χ0v) is 15.0. The molecule has 0 bridgehead atoms. The van der Waals surface area contributed by atoms with Gasteiger partial charge in [-0.2, -0.15) is 0 Å². The number of ether oxygens (including phenoxy) is 1. The Balaban J connectivity index is 1.67. The van der Waals surface area contributed by atoms with Crippen LogP contribution in [0, 0.1) is 0 Å². The number of anilines is 2. The zero-order chi connectivity index (χ0) is 17.8. The summed E-state index contributed by atoms with van der Waals surface area (Å²) in [5, 5.41) is 11.9. The number of hydrogen-bond donors (Lipinski definition) is 1. The number of benzene rings is 1. The second kappa shape index (κ2) is 7.71. The zero-order valence-electron chi connectivity index (χ0n) is 14.2. The van der Waals surface area contributed by atoms with Crippen molar-refractivity contribution in [2.24, 2.45) is 0 Å². The summed E-state index contributed by atoms with van der Waals surface area (Å²) in [5.41, 5.74) is 2.15. The van der Waals surface area contributed by atoms with Crippen molar-refractivity contribution in [3.63, 3.8) is 0 Å². The van der Waals surface area contributed by atoms with Crippen LogP contribution in [0.5, 0.6) is 0 Å². The molecule has 1 saturated heterocycles. The van der Waals surface area contributed by atoms with Gasteiger partial charge in [-0.25, -0.2) is 0 Å². The minimum atomic E-state index is -0.273. The van der Waals surface area contributed by atoms with Crippen molar-refractivity contribution in [1.82, 2.24) is 10.2 Å². The molecule has 2 heterocycles. The van der Waals surface area contributed by atoms with Crippen LogP contribution >= 0.6 is 11.3 Å². The predicted octanol–water partition coefficient (Wildman–Crippen LogP) is 2.21. The molecule has 0 radical (unpaired) electrons. The van der Waals surface area contributed by atoms with Crippen molar-refractivity contribution in [2.45, 2.75) is 25.7 Å². The molecule has 1 aliphatic rings. The molecule has 132 valence electrons. The van der Waals surface area contributed by atoms with Gasteiger partial charge in [-0.3, -0.25) is 14.9 Å². The van der Waals surface area contributed by atoms with Crippen LogP contribution in [0.3, 0.4) is 0 Å². The minimum absolute atomic E-state index is 0.0103. The Labute approximate surface area is 150 Å². The van der Waals surface area contributed by atoms with E-state index < -0.39 is 0 Å². The van der Waals surface area contributed by atoms with E-state index in [2.05, 4.69) is 22.4 Å². The molecule has 3 rings (SSSR count). The van der Waals surface area contributed by atoms with Crippen LogP contribution in [-0.2, 0) is 20.7 Å². The molecule has 1 aromatic heterocycles. The molecule has 25 heavy (non-hydrogen) atoms. The van der Waals surface area contributed by atoms with Crippen molar-refractivity contribution in [3.8, 4) is 0 Å². The van der Waals surface area contributed by atoms with E-state index in [1.165, 1.54) is 24.0 Å². The highest BCUT2D eigenvalue weighted by molar-refractivity contribution is 7.15. The quantitative estimate of drug-likeness (QED) is 0.854. The number of nitrogens with zero attached hydrogens (tertiary/aromatic N) is 3. The number of carbonyl (C=O) groups is 2. The lowest BCUT2D eigenvalue weighted by atomic mass is 10.1. The van der Waals surface area contributed by atoms with Gasteiger partial charge in [-0.05, 0) is 24.1 Å². The number of nitrogens with one attached hydrogen (secondary N) is 1. The van der Waals surface area contributed by atoms with Gasteiger partial charge in [0, 0.05) is 31.7 Å². The first-order valence-electron chi connectivity index (χ1n) is 8.12. The van der Waals surface area contributed by atoms with E-state index in [0.29, 0.717) is 18.1 Å².